The van der Waals surface area contributed by atoms with Crippen molar-refractivity contribution in [3.05, 3.63) is 33.9 Å². The molecule has 0 aromatic heterocycles. The monoisotopic (exact) mass is 352 g/mol. The van der Waals surface area contributed by atoms with E-state index >= 15 is 0 Å². The van der Waals surface area contributed by atoms with Crippen LogP contribution in [0.1, 0.15) is 45.0 Å². The van der Waals surface area contributed by atoms with Crippen molar-refractivity contribution >= 4 is 17.6 Å². The van der Waals surface area contributed by atoms with Gasteiger partial charge in [-0.2, -0.15) is 0 Å². The minimum absolute atomic E-state index is 0.0546. The van der Waals surface area contributed by atoms with Crippen LogP contribution in [0.5, 0.6) is 5.75 Å². The van der Waals surface area contributed by atoms with Gasteiger partial charge >= 0.3 is 5.97 Å². The molecule has 1 atom stereocenters. The number of ether oxygens (including phenoxy) is 2. The number of benzene rings is 1. The minimum Gasteiger partial charge on any atom is -0.496 e. The van der Waals surface area contributed by atoms with E-state index in [1.807, 2.05) is 27.7 Å². The van der Waals surface area contributed by atoms with Crippen molar-refractivity contribution < 1.29 is 24.0 Å². The van der Waals surface area contributed by atoms with Crippen molar-refractivity contribution in [3.8, 4) is 5.75 Å². The Bertz CT molecular complexity index is 649. The van der Waals surface area contributed by atoms with Gasteiger partial charge in [0, 0.05) is 24.2 Å². The summed E-state index contributed by atoms with van der Waals surface area (Å²) in [5.41, 5.74) is -0.366. The topological polar surface area (TPSA) is 99.0 Å². The number of rotatable bonds is 7. The highest BCUT2D eigenvalue weighted by Gasteiger charge is 2.29. The van der Waals surface area contributed by atoms with Crippen LogP contribution in [0, 0.1) is 10.1 Å². The first kappa shape index (κ1) is 20.4. The number of hydrogen-bond acceptors (Lipinski definition) is 6. The zero-order valence-corrected chi connectivity index (χ0v) is 15.3. The Balaban J connectivity index is 3.03. The van der Waals surface area contributed by atoms with Crippen molar-refractivity contribution in [2.75, 3.05) is 7.11 Å². The molecule has 1 aromatic carbocycles. The van der Waals surface area contributed by atoms with Gasteiger partial charge in [-0.15, -0.1) is 0 Å². The number of non-ortho nitro benzene ring substituents is 1. The Morgan fingerprint density at radius 3 is 2.12 bits per heavy atom. The zero-order valence-electron chi connectivity index (χ0n) is 15.3. The second-order valence-corrected chi connectivity index (χ2v) is 6.12. The molecule has 25 heavy (non-hydrogen) atoms. The van der Waals surface area contributed by atoms with Gasteiger partial charge in [0.15, 0.2) is 6.10 Å². The van der Waals surface area contributed by atoms with E-state index in [2.05, 4.69) is 0 Å². The first-order valence-corrected chi connectivity index (χ1v) is 7.95. The highest BCUT2D eigenvalue weighted by atomic mass is 16.6. The molecule has 0 unspecified atom stereocenters. The summed E-state index contributed by atoms with van der Waals surface area (Å²) in [7, 11) is 1.34. The number of nitro benzene ring substituents is 1. The molecule has 1 rings (SSSR count). The first-order valence-electron chi connectivity index (χ1n) is 7.95. The second-order valence-electron chi connectivity index (χ2n) is 6.12. The van der Waals surface area contributed by atoms with Gasteiger partial charge in [-0.05, 0) is 40.7 Å². The van der Waals surface area contributed by atoms with Crippen LogP contribution in [0.2, 0.25) is 0 Å². The number of nitro groups is 1. The Morgan fingerprint density at radius 2 is 1.68 bits per heavy atom. The number of hydrogen-bond donors (Lipinski definition) is 0. The average Bonchev–Trinajstić information content (AvgIpc) is 2.53. The minimum atomic E-state index is -1.03. The molecule has 8 nitrogen and oxygen atoms in total. The Hall–Kier alpha value is -2.64. The molecule has 0 bridgehead atoms. The molecule has 0 saturated carbocycles. The van der Waals surface area contributed by atoms with E-state index < -0.39 is 17.0 Å². The number of amides is 1. The molecular weight excluding hydrogens is 328 g/mol. The van der Waals surface area contributed by atoms with E-state index in [0.717, 1.165) is 6.07 Å². The highest BCUT2D eigenvalue weighted by molar-refractivity contribution is 5.95. The third-order valence-corrected chi connectivity index (χ3v) is 3.61. The van der Waals surface area contributed by atoms with Crippen LogP contribution in [0.3, 0.4) is 0 Å². The number of carbonyl (C=O) groups is 2. The van der Waals surface area contributed by atoms with Gasteiger partial charge in [0.1, 0.15) is 11.3 Å². The highest BCUT2D eigenvalue weighted by Crippen LogP contribution is 2.25. The van der Waals surface area contributed by atoms with Crippen molar-refractivity contribution in [1.82, 2.24) is 4.90 Å². The molecule has 0 radical (unpaired) electrons. The summed E-state index contributed by atoms with van der Waals surface area (Å²) in [5, 5.41) is 10.9. The Kier molecular flexibility index (Phi) is 6.90. The van der Waals surface area contributed by atoms with Gasteiger partial charge in [-0.25, -0.2) is 4.79 Å². The fourth-order valence-electron chi connectivity index (χ4n) is 2.56. The summed E-state index contributed by atoms with van der Waals surface area (Å²) >= 11 is 0. The van der Waals surface area contributed by atoms with Gasteiger partial charge in [-0.1, -0.05) is 0 Å². The summed E-state index contributed by atoms with van der Waals surface area (Å²) in [5.74, 6) is -1.04. The molecule has 1 aromatic rings. The fourth-order valence-corrected chi connectivity index (χ4v) is 2.56. The lowest BCUT2D eigenvalue weighted by Crippen LogP contribution is -2.47. The molecule has 8 heteroatoms. The van der Waals surface area contributed by atoms with Crippen LogP contribution >= 0.6 is 0 Å². The number of esters is 1. The molecule has 138 valence electrons. The second kappa shape index (κ2) is 8.46. The lowest BCUT2D eigenvalue weighted by atomic mass is 10.1. The van der Waals surface area contributed by atoms with E-state index in [1.54, 1.807) is 4.90 Å². The third-order valence-electron chi connectivity index (χ3n) is 3.61. The van der Waals surface area contributed by atoms with Crippen LogP contribution < -0.4 is 4.74 Å². The maximum atomic E-state index is 12.5. The van der Waals surface area contributed by atoms with E-state index in [0.29, 0.717) is 0 Å². The number of nitrogens with zero attached hydrogens (tertiary/aromatic N) is 2. The van der Waals surface area contributed by atoms with Gasteiger partial charge in [-0.3, -0.25) is 14.9 Å². The third kappa shape index (κ3) is 4.91. The zero-order chi connectivity index (χ0) is 19.3. The molecule has 0 spiro atoms. The average molecular weight is 352 g/mol. The van der Waals surface area contributed by atoms with Gasteiger partial charge < -0.3 is 14.4 Å². The van der Waals surface area contributed by atoms with Gasteiger partial charge in [0.25, 0.3) is 11.6 Å². The standard InChI is InChI=1S/C17H24N2O6/c1-10(2)18(11(3)4)16(20)12(5)25-17(21)14-9-13(19(22)23)7-8-15(14)24-6/h7-12H,1-6H3/t12-/m0/s1. The van der Waals surface area contributed by atoms with Crippen LogP contribution in [0.25, 0.3) is 0 Å². The lowest BCUT2D eigenvalue weighted by Gasteiger charge is -2.32. The number of methoxy groups -OCH3 is 1. The smallest absolute Gasteiger partial charge is 0.342 e. The molecule has 0 N–H and O–H groups in total. The first-order chi connectivity index (χ1) is 11.6. The lowest BCUT2D eigenvalue weighted by molar-refractivity contribution is -0.384. The van der Waals surface area contributed by atoms with Crippen LogP contribution in [0.4, 0.5) is 5.69 Å². The molecular formula is C17H24N2O6. The summed E-state index contributed by atoms with van der Waals surface area (Å²) in [6, 6.07) is 3.50. The summed E-state index contributed by atoms with van der Waals surface area (Å²) in [6.45, 7) is 8.96. The van der Waals surface area contributed by atoms with Gasteiger partial charge in [0.05, 0.1) is 12.0 Å². The number of carbonyl (C=O) groups excluding carboxylic acids is 2. The van der Waals surface area contributed by atoms with Crippen molar-refractivity contribution in [3.63, 3.8) is 0 Å². The Labute approximate surface area is 146 Å². The molecule has 0 aliphatic rings. The molecule has 0 aliphatic heterocycles. The summed E-state index contributed by atoms with van der Waals surface area (Å²) in [6.07, 6.45) is -1.03. The maximum Gasteiger partial charge on any atom is 0.342 e. The SMILES string of the molecule is COc1ccc([N+](=O)[O-])cc1C(=O)O[C@@H](C)C(=O)N(C(C)C)C(C)C. The predicted octanol–water partition coefficient (Wildman–Crippen LogP) is 2.79. The van der Waals surface area contributed by atoms with Crippen LogP contribution in [-0.2, 0) is 9.53 Å². The van der Waals surface area contributed by atoms with Crippen LogP contribution in [0.15, 0.2) is 18.2 Å². The predicted molar refractivity (Wildman–Crippen MR) is 91.6 cm³/mol. The van der Waals surface area contributed by atoms with E-state index in [1.165, 1.54) is 26.2 Å². The molecule has 0 fully saturated rings. The Morgan fingerprint density at radius 1 is 1.12 bits per heavy atom. The molecule has 0 aliphatic carbocycles. The van der Waals surface area contributed by atoms with E-state index in [4.69, 9.17) is 9.47 Å². The van der Waals surface area contributed by atoms with Crippen molar-refractivity contribution in [1.29, 1.82) is 0 Å². The molecule has 0 heterocycles. The summed E-state index contributed by atoms with van der Waals surface area (Å²) in [4.78, 5) is 36.8. The normalized spacial score (nSPS) is 12.0. The van der Waals surface area contributed by atoms with E-state index in [9.17, 15) is 19.7 Å². The van der Waals surface area contributed by atoms with Gasteiger partial charge in [0.2, 0.25) is 0 Å². The van der Waals surface area contributed by atoms with Crippen molar-refractivity contribution in [2.45, 2.75) is 52.8 Å². The van der Waals surface area contributed by atoms with Crippen molar-refractivity contribution in [2.24, 2.45) is 0 Å². The molecule has 0 saturated heterocycles. The summed E-state index contributed by atoms with van der Waals surface area (Å²) < 4.78 is 10.3. The largest absolute Gasteiger partial charge is 0.496 e. The quantitative estimate of drug-likeness (QED) is 0.425. The maximum absolute atomic E-state index is 12.5. The van der Waals surface area contributed by atoms with E-state index in [-0.39, 0.29) is 35.0 Å². The van der Waals surface area contributed by atoms with Crippen LogP contribution in [-0.4, -0.2) is 47.0 Å². The molecule has 1 amide bonds. The fraction of sp³-hybridized carbons (Fsp3) is 0.529.